The molecule has 0 amide bonds. The topological polar surface area (TPSA) is 66.4 Å². The molecular weight excluding hydrogens is 226 g/mol. The molecule has 2 rings (SSSR count). The zero-order valence-electron chi connectivity index (χ0n) is 8.84. The smallest absolute Gasteiger partial charge is 0.200 e. The molecule has 0 fully saturated rings. The summed E-state index contributed by atoms with van der Waals surface area (Å²) in [5.41, 5.74) is 1.36. The lowest BCUT2D eigenvalue weighted by molar-refractivity contribution is 0.177. The Bertz CT molecular complexity index is 534. The highest BCUT2D eigenvalue weighted by molar-refractivity contribution is 7.94. The Morgan fingerprint density at radius 1 is 1.44 bits per heavy atom. The molecule has 1 aliphatic rings. The summed E-state index contributed by atoms with van der Waals surface area (Å²) in [6.45, 7) is 0.440. The van der Waals surface area contributed by atoms with Crippen LogP contribution in [0.2, 0.25) is 0 Å². The molecule has 1 aromatic carbocycles. The van der Waals surface area contributed by atoms with Gasteiger partial charge in [-0.1, -0.05) is 6.07 Å². The summed E-state index contributed by atoms with van der Waals surface area (Å²) in [5, 5.41) is 13.8. The first-order chi connectivity index (χ1) is 7.54. The van der Waals surface area contributed by atoms with Crippen molar-refractivity contribution in [2.24, 2.45) is 0 Å². The molecule has 2 N–H and O–H groups in total. The fraction of sp³-hybridized carbons (Fsp3) is 0.273. The molecule has 1 unspecified atom stereocenters. The van der Waals surface area contributed by atoms with Gasteiger partial charge in [0.15, 0.2) is 9.84 Å². The van der Waals surface area contributed by atoms with E-state index in [0.717, 1.165) is 5.56 Å². The monoisotopic (exact) mass is 239 g/mol. The average molecular weight is 239 g/mol. The molecule has 1 atom stereocenters. The van der Waals surface area contributed by atoms with Crippen LogP contribution in [0.15, 0.2) is 28.5 Å². The molecule has 5 heteroatoms. The summed E-state index contributed by atoms with van der Waals surface area (Å²) in [6, 6.07) is 4.89. The van der Waals surface area contributed by atoms with Gasteiger partial charge in [0.2, 0.25) is 0 Å². The molecule has 1 aliphatic heterocycles. The van der Waals surface area contributed by atoms with Crippen LogP contribution in [0.3, 0.4) is 0 Å². The van der Waals surface area contributed by atoms with E-state index in [-0.39, 0.29) is 0 Å². The number of rotatable bonds is 3. The average Bonchev–Trinajstić information content (AvgIpc) is 2.55. The second-order valence-electron chi connectivity index (χ2n) is 3.72. The highest BCUT2D eigenvalue weighted by Gasteiger charge is 2.21. The van der Waals surface area contributed by atoms with Crippen LogP contribution in [-0.4, -0.2) is 27.1 Å². The Morgan fingerprint density at radius 3 is 2.88 bits per heavy atom. The van der Waals surface area contributed by atoms with Crippen molar-refractivity contribution in [3.05, 3.63) is 34.7 Å². The van der Waals surface area contributed by atoms with Crippen molar-refractivity contribution >= 4 is 15.9 Å². The Hall–Kier alpha value is -1.17. The minimum atomic E-state index is -3.24. The van der Waals surface area contributed by atoms with Gasteiger partial charge in [0, 0.05) is 12.0 Å². The lowest BCUT2D eigenvalue weighted by Crippen LogP contribution is -2.16. The highest BCUT2D eigenvalue weighted by Crippen LogP contribution is 2.28. The number of hydrogen-bond donors (Lipinski definition) is 2. The first-order valence-corrected chi connectivity index (χ1v) is 6.49. The zero-order chi connectivity index (χ0) is 11.8. The van der Waals surface area contributed by atoms with Gasteiger partial charge < -0.3 is 10.4 Å². The number of likely N-dealkylation sites (N-methyl/N-ethyl adjacent to an activating group) is 1. The number of benzene rings is 1. The summed E-state index contributed by atoms with van der Waals surface area (Å²) in [5.74, 6) is 0. The summed E-state index contributed by atoms with van der Waals surface area (Å²) in [7, 11) is -1.49. The summed E-state index contributed by atoms with van der Waals surface area (Å²) in [6.07, 6.45) is 0.937. The minimum Gasteiger partial charge on any atom is -0.387 e. The lowest BCUT2D eigenvalue weighted by atomic mass is 10.1. The van der Waals surface area contributed by atoms with Gasteiger partial charge in [0.05, 0.1) is 11.0 Å². The first kappa shape index (κ1) is 11.3. The maximum absolute atomic E-state index is 11.5. The molecule has 0 saturated carbocycles. The normalized spacial score (nSPS) is 18.4. The molecule has 4 nitrogen and oxygen atoms in total. The van der Waals surface area contributed by atoms with Crippen molar-refractivity contribution in [2.75, 3.05) is 13.6 Å². The van der Waals surface area contributed by atoms with Gasteiger partial charge in [-0.25, -0.2) is 8.42 Å². The Morgan fingerprint density at radius 2 is 2.19 bits per heavy atom. The van der Waals surface area contributed by atoms with E-state index in [1.165, 1.54) is 5.41 Å². The van der Waals surface area contributed by atoms with Gasteiger partial charge >= 0.3 is 0 Å². The SMILES string of the molecule is CNCC(O)c1ccc2c(c1)C=CS2(=O)=O. The quantitative estimate of drug-likeness (QED) is 0.814. The number of aliphatic hydroxyl groups is 1. The molecule has 16 heavy (non-hydrogen) atoms. The molecule has 0 aromatic heterocycles. The van der Waals surface area contributed by atoms with Crippen molar-refractivity contribution in [3.63, 3.8) is 0 Å². The van der Waals surface area contributed by atoms with Crippen LogP contribution in [0, 0.1) is 0 Å². The molecule has 0 spiro atoms. The number of aliphatic hydroxyl groups excluding tert-OH is 1. The molecule has 0 radical (unpaired) electrons. The number of nitrogens with one attached hydrogen (secondary N) is 1. The largest absolute Gasteiger partial charge is 0.387 e. The number of fused-ring (bicyclic) bond motifs is 1. The maximum atomic E-state index is 11.5. The van der Waals surface area contributed by atoms with E-state index in [4.69, 9.17) is 0 Å². The van der Waals surface area contributed by atoms with Crippen LogP contribution in [0.25, 0.3) is 6.08 Å². The lowest BCUT2D eigenvalue weighted by Gasteiger charge is -2.11. The van der Waals surface area contributed by atoms with E-state index >= 15 is 0 Å². The third kappa shape index (κ3) is 1.89. The van der Waals surface area contributed by atoms with Crippen molar-refractivity contribution < 1.29 is 13.5 Å². The van der Waals surface area contributed by atoms with E-state index in [9.17, 15) is 13.5 Å². The third-order valence-electron chi connectivity index (χ3n) is 2.55. The van der Waals surface area contributed by atoms with Crippen molar-refractivity contribution in [1.29, 1.82) is 0 Å². The van der Waals surface area contributed by atoms with E-state index in [0.29, 0.717) is 17.0 Å². The van der Waals surface area contributed by atoms with Crippen LogP contribution in [0.5, 0.6) is 0 Å². The van der Waals surface area contributed by atoms with E-state index < -0.39 is 15.9 Å². The van der Waals surface area contributed by atoms with E-state index in [1.54, 1.807) is 31.3 Å². The number of hydrogen-bond acceptors (Lipinski definition) is 4. The standard InChI is InChI=1S/C11H13NO3S/c1-12-7-10(13)8-2-3-11-9(6-8)4-5-16(11,14)15/h2-6,10,12-13H,7H2,1H3. The third-order valence-corrected chi connectivity index (χ3v) is 4.03. The van der Waals surface area contributed by atoms with Gasteiger partial charge in [-0.2, -0.15) is 0 Å². The zero-order valence-corrected chi connectivity index (χ0v) is 9.66. The molecule has 0 aliphatic carbocycles. The molecule has 1 aromatic rings. The maximum Gasteiger partial charge on any atom is 0.200 e. The molecule has 0 bridgehead atoms. The molecule has 1 heterocycles. The Labute approximate surface area is 94.5 Å². The van der Waals surface area contributed by atoms with Crippen molar-refractivity contribution in [1.82, 2.24) is 5.32 Å². The predicted octanol–water partition coefficient (Wildman–Crippen LogP) is 0.697. The van der Waals surface area contributed by atoms with Crippen molar-refractivity contribution in [3.8, 4) is 0 Å². The Balaban J connectivity index is 2.39. The minimum absolute atomic E-state index is 0.313. The van der Waals surface area contributed by atoms with E-state index in [2.05, 4.69) is 5.32 Å². The fourth-order valence-corrected chi connectivity index (χ4v) is 2.90. The molecule has 86 valence electrons. The molecular formula is C11H13NO3S. The fourth-order valence-electron chi connectivity index (χ4n) is 1.71. The van der Waals surface area contributed by atoms with Gasteiger partial charge in [-0.05, 0) is 36.4 Å². The van der Waals surface area contributed by atoms with Gasteiger partial charge in [0.25, 0.3) is 0 Å². The first-order valence-electron chi connectivity index (χ1n) is 4.94. The highest BCUT2D eigenvalue weighted by atomic mass is 32.2. The predicted molar refractivity (Wildman–Crippen MR) is 61.5 cm³/mol. The van der Waals surface area contributed by atoms with Gasteiger partial charge in [-0.15, -0.1) is 0 Å². The second kappa shape index (κ2) is 4.01. The van der Waals surface area contributed by atoms with Crippen LogP contribution in [-0.2, 0) is 9.84 Å². The second-order valence-corrected chi connectivity index (χ2v) is 5.52. The summed E-state index contributed by atoms with van der Waals surface area (Å²) in [4.78, 5) is 0.313. The van der Waals surface area contributed by atoms with Crippen molar-refractivity contribution in [2.45, 2.75) is 11.0 Å². The van der Waals surface area contributed by atoms with Gasteiger partial charge in [0.1, 0.15) is 0 Å². The van der Waals surface area contributed by atoms with Crippen LogP contribution < -0.4 is 5.32 Å². The number of sulfone groups is 1. The molecule has 0 saturated heterocycles. The van der Waals surface area contributed by atoms with Crippen LogP contribution in [0.4, 0.5) is 0 Å². The van der Waals surface area contributed by atoms with Crippen LogP contribution in [0.1, 0.15) is 17.2 Å². The Kier molecular flexibility index (Phi) is 2.84. The van der Waals surface area contributed by atoms with Gasteiger partial charge in [-0.3, -0.25) is 0 Å². The van der Waals surface area contributed by atoms with Crippen LogP contribution >= 0.6 is 0 Å². The van der Waals surface area contributed by atoms with E-state index in [1.807, 2.05) is 0 Å². The summed E-state index contributed by atoms with van der Waals surface area (Å²) >= 11 is 0. The summed E-state index contributed by atoms with van der Waals surface area (Å²) < 4.78 is 23.0.